The van der Waals surface area contributed by atoms with Crippen LogP contribution in [0.25, 0.3) is 5.82 Å². The number of nitrogen functional groups attached to an aromatic ring is 1. The Morgan fingerprint density at radius 3 is 2.38 bits per heavy atom. The minimum absolute atomic E-state index is 0.509. The second kappa shape index (κ2) is 3.59. The van der Waals surface area contributed by atoms with Crippen molar-refractivity contribution in [3.05, 3.63) is 28.8 Å². The standard InChI is InChI=1S/C11H15N5/c1-6-5-7(2)16(15-6)11-8(3)10(12)13-9(4)14-11/h5H,1-4H3,(H2,12,13,14). The van der Waals surface area contributed by atoms with Crippen molar-refractivity contribution in [2.75, 3.05) is 5.73 Å². The van der Waals surface area contributed by atoms with E-state index >= 15 is 0 Å². The van der Waals surface area contributed by atoms with Gasteiger partial charge < -0.3 is 5.73 Å². The summed E-state index contributed by atoms with van der Waals surface area (Å²) < 4.78 is 1.80. The highest BCUT2D eigenvalue weighted by atomic mass is 15.3. The average Bonchev–Trinajstić information content (AvgIpc) is 2.51. The molecule has 0 amide bonds. The zero-order valence-electron chi connectivity index (χ0n) is 9.94. The smallest absolute Gasteiger partial charge is 0.162 e. The van der Waals surface area contributed by atoms with E-state index in [4.69, 9.17) is 5.73 Å². The minimum Gasteiger partial charge on any atom is -0.383 e. The van der Waals surface area contributed by atoms with Crippen molar-refractivity contribution in [2.24, 2.45) is 0 Å². The summed E-state index contributed by atoms with van der Waals surface area (Å²) in [6.07, 6.45) is 0. The zero-order chi connectivity index (χ0) is 11.9. The molecule has 2 aromatic rings. The van der Waals surface area contributed by atoms with Crippen molar-refractivity contribution in [2.45, 2.75) is 27.7 Å². The number of hydrogen-bond acceptors (Lipinski definition) is 4. The van der Waals surface area contributed by atoms with Gasteiger partial charge in [-0.05, 0) is 33.8 Å². The Morgan fingerprint density at radius 2 is 1.81 bits per heavy atom. The number of hydrogen-bond donors (Lipinski definition) is 1. The van der Waals surface area contributed by atoms with E-state index in [1.54, 1.807) is 4.68 Å². The largest absolute Gasteiger partial charge is 0.383 e. The lowest BCUT2D eigenvalue weighted by atomic mass is 10.3. The molecule has 0 atom stereocenters. The summed E-state index contributed by atoms with van der Waals surface area (Å²) in [5.41, 5.74) is 8.69. The summed E-state index contributed by atoms with van der Waals surface area (Å²) >= 11 is 0. The molecular weight excluding hydrogens is 202 g/mol. The van der Waals surface area contributed by atoms with Crippen LogP contribution in [0.15, 0.2) is 6.07 Å². The molecular formula is C11H15N5. The quantitative estimate of drug-likeness (QED) is 0.785. The maximum atomic E-state index is 5.82. The monoisotopic (exact) mass is 217 g/mol. The van der Waals surface area contributed by atoms with Gasteiger partial charge in [0.2, 0.25) is 0 Å². The van der Waals surface area contributed by atoms with Crippen LogP contribution in [0.3, 0.4) is 0 Å². The van der Waals surface area contributed by atoms with Crippen LogP contribution >= 0.6 is 0 Å². The molecule has 2 aromatic heterocycles. The van der Waals surface area contributed by atoms with Crippen LogP contribution in [0.5, 0.6) is 0 Å². The highest BCUT2D eigenvalue weighted by Gasteiger charge is 2.11. The van der Waals surface area contributed by atoms with Gasteiger partial charge in [0.1, 0.15) is 11.6 Å². The van der Waals surface area contributed by atoms with Crippen LogP contribution in [0.2, 0.25) is 0 Å². The Kier molecular flexibility index (Phi) is 2.38. The number of nitrogens with two attached hydrogens (primary N) is 1. The summed E-state index contributed by atoms with van der Waals surface area (Å²) in [5, 5.41) is 4.39. The second-order valence-corrected chi connectivity index (χ2v) is 3.94. The predicted molar refractivity (Wildman–Crippen MR) is 62.5 cm³/mol. The highest BCUT2D eigenvalue weighted by molar-refractivity contribution is 5.48. The molecule has 84 valence electrons. The summed E-state index contributed by atoms with van der Waals surface area (Å²) in [6, 6.07) is 2.01. The van der Waals surface area contributed by atoms with Gasteiger partial charge in [0.05, 0.1) is 5.69 Å². The molecule has 2 rings (SSSR count). The molecule has 5 heteroatoms. The Morgan fingerprint density at radius 1 is 1.12 bits per heavy atom. The van der Waals surface area contributed by atoms with Crippen molar-refractivity contribution in [1.29, 1.82) is 0 Å². The average molecular weight is 217 g/mol. The third kappa shape index (κ3) is 1.64. The third-order valence-electron chi connectivity index (χ3n) is 2.48. The van der Waals surface area contributed by atoms with E-state index in [0.717, 1.165) is 22.8 Å². The van der Waals surface area contributed by atoms with Crippen LogP contribution in [-0.4, -0.2) is 19.7 Å². The Hall–Kier alpha value is -1.91. The van der Waals surface area contributed by atoms with E-state index < -0.39 is 0 Å². The van der Waals surface area contributed by atoms with E-state index in [1.165, 1.54) is 0 Å². The molecule has 0 aliphatic carbocycles. The highest BCUT2D eigenvalue weighted by Crippen LogP contribution is 2.17. The normalized spacial score (nSPS) is 10.8. The third-order valence-corrected chi connectivity index (χ3v) is 2.48. The van der Waals surface area contributed by atoms with E-state index in [1.807, 2.05) is 33.8 Å². The molecule has 2 heterocycles. The van der Waals surface area contributed by atoms with E-state index in [-0.39, 0.29) is 0 Å². The molecule has 0 bridgehead atoms. The maximum Gasteiger partial charge on any atom is 0.162 e. The number of anilines is 1. The first-order chi connectivity index (χ1) is 7.49. The van der Waals surface area contributed by atoms with Gasteiger partial charge in [-0.1, -0.05) is 0 Å². The van der Waals surface area contributed by atoms with Crippen molar-refractivity contribution in [3.8, 4) is 5.82 Å². The van der Waals surface area contributed by atoms with Crippen LogP contribution < -0.4 is 5.73 Å². The van der Waals surface area contributed by atoms with E-state index in [0.29, 0.717) is 11.6 Å². The first-order valence-electron chi connectivity index (χ1n) is 5.13. The van der Waals surface area contributed by atoms with E-state index in [2.05, 4.69) is 15.1 Å². The van der Waals surface area contributed by atoms with Gasteiger partial charge in [-0.15, -0.1) is 0 Å². The topological polar surface area (TPSA) is 69.6 Å². The van der Waals surface area contributed by atoms with Gasteiger partial charge in [0.25, 0.3) is 0 Å². The minimum atomic E-state index is 0.509. The lowest BCUT2D eigenvalue weighted by Gasteiger charge is -2.09. The maximum absolute atomic E-state index is 5.82. The number of nitrogens with zero attached hydrogens (tertiary/aromatic N) is 4. The van der Waals surface area contributed by atoms with Gasteiger partial charge in [0.15, 0.2) is 5.82 Å². The molecule has 0 saturated heterocycles. The Balaban J connectivity index is 2.68. The lowest BCUT2D eigenvalue weighted by Crippen LogP contribution is -2.09. The predicted octanol–water partition coefficient (Wildman–Crippen LogP) is 1.48. The van der Waals surface area contributed by atoms with Crippen molar-refractivity contribution in [3.63, 3.8) is 0 Å². The second-order valence-electron chi connectivity index (χ2n) is 3.94. The Labute approximate surface area is 94.3 Å². The van der Waals surface area contributed by atoms with Gasteiger partial charge in [-0.3, -0.25) is 0 Å². The molecule has 2 N–H and O–H groups in total. The summed E-state index contributed by atoms with van der Waals surface area (Å²) in [7, 11) is 0. The van der Waals surface area contributed by atoms with Gasteiger partial charge >= 0.3 is 0 Å². The Bertz CT molecular complexity index is 542. The SMILES string of the molecule is Cc1cc(C)n(-c2nc(C)nc(N)c2C)n1. The first-order valence-corrected chi connectivity index (χ1v) is 5.13. The molecule has 0 aliphatic heterocycles. The number of rotatable bonds is 1. The lowest BCUT2D eigenvalue weighted by molar-refractivity contribution is 0.786. The fourth-order valence-corrected chi connectivity index (χ4v) is 1.68. The number of aryl methyl sites for hydroxylation is 3. The molecule has 16 heavy (non-hydrogen) atoms. The first kappa shape index (κ1) is 10.6. The molecule has 0 aromatic carbocycles. The summed E-state index contributed by atoms with van der Waals surface area (Å²) in [6.45, 7) is 7.68. The van der Waals surface area contributed by atoms with Crippen molar-refractivity contribution >= 4 is 5.82 Å². The number of aromatic nitrogens is 4. The van der Waals surface area contributed by atoms with Gasteiger partial charge in [-0.2, -0.15) is 5.10 Å². The van der Waals surface area contributed by atoms with Crippen LogP contribution in [0, 0.1) is 27.7 Å². The van der Waals surface area contributed by atoms with Crippen molar-refractivity contribution in [1.82, 2.24) is 19.7 Å². The van der Waals surface area contributed by atoms with Gasteiger partial charge in [0, 0.05) is 11.3 Å². The molecule has 0 fully saturated rings. The summed E-state index contributed by atoms with van der Waals surface area (Å²) in [4.78, 5) is 8.51. The van der Waals surface area contributed by atoms with Crippen LogP contribution in [-0.2, 0) is 0 Å². The van der Waals surface area contributed by atoms with E-state index in [9.17, 15) is 0 Å². The molecule has 5 nitrogen and oxygen atoms in total. The van der Waals surface area contributed by atoms with Crippen LogP contribution in [0.4, 0.5) is 5.82 Å². The van der Waals surface area contributed by atoms with Crippen molar-refractivity contribution < 1.29 is 0 Å². The zero-order valence-corrected chi connectivity index (χ0v) is 9.94. The fraction of sp³-hybridized carbons (Fsp3) is 0.364. The molecule has 0 radical (unpaired) electrons. The molecule has 0 saturated carbocycles. The summed E-state index contributed by atoms with van der Waals surface area (Å²) in [5.74, 6) is 1.93. The fourth-order valence-electron chi connectivity index (χ4n) is 1.68. The molecule has 0 spiro atoms. The van der Waals surface area contributed by atoms with Gasteiger partial charge in [-0.25, -0.2) is 14.6 Å². The van der Waals surface area contributed by atoms with Crippen LogP contribution in [0.1, 0.15) is 22.8 Å². The molecule has 0 aliphatic rings. The molecule has 0 unspecified atom stereocenters.